The van der Waals surface area contributed by atoms with Crippen molar-refractivity contribution in [3.63, 3.8) is 0 Å². The SMILES string of the molecule is CSCl.IC(I)(I)c1ccccn1. The van der Waals surface area contributed by atoms with Crippen molar-refractivity contribution in [3.05, 3.63) is 30.1 Å². The molecule has 0 aliphatic rings. The van der Waals surface area contributed by atoms with Gasteiger partial charge < -0.3 is 0 Å². The standard InChI is InChI=1S/C6H4I3N.CH3ClS/c7-6(8,9)5-3-1-2-4-10-5;1-3-2/h1-4H;1H3. The van der Waals surface area contributed by atoms with Crippen LogP contribution in [0.15, 0.2) is 24.4 Å². The van der Waals surface area contributed by atoms with E-state index < -0.39 is 0 Å². The molecule has 0 aliphatic carbocycles. The molecular weight excluding hydrogens is 546 g/mol. The first-order valence-corrected chi connectivity index (χ1v) is 8.44. The van der Waals surface area contributed by atoms with Crippen LogP contribution in [0.1, 0.15) is 5.69 Å². The molecule has 1 rings (SSSR count). The van der Waals surface area contributed by atoms with Crippen molar-refractivity contribution in [1.82, 2.24) is 4.98 Å². The molecule has 0 bridgehead atoms. The van der Waals surface area contributed by atoms with Crippen LogP contribution in [0.2, 0.25) is 0 Å². The molecule has 13 heavy (non-hydrogen) atoms. The third-order valence-corrected chi connectivity index (χ3v) is 2.61. The zero-order valence-electron chi connectivity index (χ0n) is 6.68. The minimum absolute atomic E-state index is 0.0918. The van der Waals surface area contributed by atoms with Crippen LogP contribution in [-0.4, -0.2) is 11.2 Å². The summed E-state index contributed by atoms with van der Waals surface area (Å²) >= 11 is 7.06. The van der Waals surface area contributed by atoms with Gasteiger partial charge in [0.25, 0.3) is 0 Å². The first-order chi connectivity index (χ1) is 6.02. The van der Waals surface area contributed by atoms with Crippen molar-refractivity contribution in [2.45, 2.75) is -0.565 Å². The lowest BCUT2D eigenvalue weighted by Crippen LogP contribution is -1.98. The zero-order chi connectivity index (χ0) is 10.3. The number of halogens is 4. The fraction of sp³-hybridized carbons (Fsp3) is 0.286. The minimum Gasteiger partial charge on any atom is -0.258 e. The molecule has 0 saturated carbocycles. The van der Waals surface area contributed by atoms with Crippen molar-refractivity contribution in [2.24, 2.45) is 0 Å². The fourth-order valence-corrected chi connectivity index (χ4v) is 1.49. The Bertz CT molecular complexity index is 227. The van der Waals surface area contributed by atoms with E-state index in [0.717, 1.165) is 5.69 Å². The Hall–Kier alpha value is 1.98. The molecule has 1 aromatic heterocycles. The van der Waals surface area contributed by atoms with Crippen molar-refractivity contribution < 1.29 is 0 Å². The number of hydrogen-bond acceptors (Lipinski definition) is 2. The van der Waals surface area contributed by atoms with Gasteiger partial charge in [-0.05, 0) is 96.8 Å². The van der Waals surface area contributed by atoms with E-state index in [-0.39, 0.29) is -0.565 Å². The predicted octanol–water partition coefficient (Wildman–Crippen LogP) is 5.00. The Balaban J connectivity index is 0.000000424. The summed E-state index contributed by atoms with van der Waals surface area (Å²) in [6.07, 6.45) is 3.63. The highest BCUT2D eigenvalue weighted by Gasteiger charge is 2.20. The van der Waals surface area contributed by atoms with Crippen LogP contribution >= 0.6 is 89.4 Å². The number of pyridine rings is 1. The third-order valence-electron chi connectivity index (χ3n) is 0.955. The second kappa shape index (κ2) is 8.17. The maximum Gasteiger partial charge on any atom is 0.165 e. The second-order valence-electron chi connectivity index (χ2n) is 1.87. The van der Waals surface area contributed by atoms with Gasteiger partial charge in [0.1, 0.15) is 0 Å². The highest BCUT2D eigenvalue weighted by atomic mass is 127. The molecule has 0 fully saturated rings. The number of hydrogen-bond donors (Lipinski definition) is 0. The van der Waals surface area contributed by atoms with E-state index in [1.165, 1.54) is 11.0 Å². The van der Waals surface area contributed by atoms with Crippen LogP contribution in [0.25, 0.3) is 0 Å². The number of aromatic nitrogens is 1. The van der Waals surface area contributed by atoms with Crippen molar-refractivity contribution in [3.8, 4) is 0 Å². The smallest absolute Gasteiger partial charge is 0.165 e. The molecule has 1 heterocycles. The molecule has 74 valence electrons. The van der Waals surface area contributed by atoms with E-state index >= 15 is 0 Å². The molecule has 0 aromatic carbocycles. The van der Waals surface area contributed by atoms with E-state index in [1.807, 2.05) is 30.7 Å². The Morgan fingerprint density at radius 2 is 1.92 bits per heavy atom. The topological polar surface area (TPSA) is 12.9 Å². The molecule has 0 radical (unpaired) electrons. The normalized spacial score (nSPS) is 10.2. The molecule has 0 atom stereocenters. The van der Waals surface area contributed by atoms with E-state index in [1.54, 1.807) is 0 Å². The first-order valence-electron chi connectivity index (χ1n) is 3.15. The molecule has 6 heteroatoms. The summed E-state index contributed by atoms with van der Waals surface area (Å²) in [5.74, 6) is 0. The van der Waals surface area contributed by atoms with Gasteiger partial charge in [0.2, 0.25) is 0 Å². The summed E-state index contributed by atoms with van der Waals surface area (Å²) in [6, 6.07) is 5.97. The lowest BCUT2D eigenvalue weighted by Gasteiger charge is -2.09. The monoisotopic (exact) mass is 553 g/mol. The van der Waals surface area contributed by atoms with Gasteiger partial charge in [-0.1, -0.05) is 17.0 Å². The maximum absolute atomic E-state index is 4.92. The quantitative estimate of drug-likeness (QED) is 0.359. The van der Waals surface area contributed by atoms with Crippen LogP contribution in [0.3, 0.4) is 0 Å². The van der Waals surface area contributed by atoms with Gasteiger partial charge in [-0.15, -0.1) is 0 Å². The van der Waals surface area contributed by atoms with Crippen molar-refractivity contribution in [2.75, 3.05) is 6.26 Å². The number of nitrogens with zero attached hydrogens (tertiary/aromatic N) is 1. The summed E-state index contributed by atoms with van der Waals surface area (Å²) in [5, 5.41) is 0. The van der Waals surface area contributed by atoms with Gasteiger partial charge in [0, 0.05) is 6.20 Å². The van der Waals surface area contributed by atoms with Gasteiger partial charge in [-0.2, -0.15) is 0 Å². The molecule has 0 saturated heterocycles. The van der Waals surface area contributed by atoms with Crippen LogP contribution in [0.5, 0.6) is 0 Å². The Kier molecular flexibility index (Phi) is 9.41. The van der Waals surface area contributed by atoms with Gasteiger partial charge in [-0.25, -0.2) is 0 Å². The molecule has 0 N–H and O–H groups in total. The lowest BCUT2D eigenvalue weighted by molar-refractivity contribution is 1.18. The summed E-state index contributed by atoms with van der Waals surface area (Å²) in [5.41, 5.74) is 1.11. The molecule has 1 aromatic rings. The van der Waals surface area contributed by atoms with Crippen LogP contribution in [0, 0.1) is 0 Å². The minimum atomic E-state index is 0.0918. The van der Waals surface area contributed by atoms with Crippen LogP contribution in [-0.2, 0) is -0.565 Å². The largest absolute Gasteiger partial charge is 0.258 e. The highest BCUT2D eigenvalue weighted by molar-refractivity contribution is 14.3. The highest BCUT2D eigenvalue weighted by Crippen LogP contribution is 2.44. The summed E-state index contributed by atoms with van der Waals surface area (Å²) in [4.78, 5) is 4.23. The van der Waals surface area contributed by atoms with Gasteiger partial charge in [-0.3, -0.25) is 4.98 Å². The molecule has 1 nitrogen and oxygen atoms in total. The predicted molar refractivity (Wildman–Crippen MR) is 87.3 cm³/mol. The number of alkyl halides is 3. The lowest BCUT2D eigenvalue weighted by atomic mass is 10.4. The van der Waals surface area contributed by atoms with Gasteiger partial charge in [0.15, 0.2) is -0.565 Å². The second-order valence-corrected chi connectivity index (χ2v) is 14.1. The first kappa shape index (κ1) is 15.0. The third kappa shape index (κ3) is 7.86. The van der Waals surface area contributed by atoms with Crippen LogP contribution < -0.4 is 0 Å². The Labute approximate surface area is 128 Å². The molecular formula is C7H7ClI3NS. The number of rotatable bonds is 1. The Morgan fingerprint density at radius 1 is 1.38 bits per heavy atom. The maximum atomic E-state index is 4.92. The average Bonchev–Trinajstić information content (AvgIpc) is 2.06. The molecule has 0 unspecified atom stereocenters. The average molecular weight is 553 g/mol. The fourth-order valence-electron chi connectivity index (χ4n) is 0.530. The molecule has 0 aliphatic heterocycles. The van der Waals surface area contributed by atoms with E-state index in [4.69, 9.17) is 10.7 Å². The zero-order valence-corrected chi connectivity index (χ0v) is 14.7. The molecule has 0 amide bonds. The van der Waals surface area contributed by atoms with Gasteiger partial charge in [0.05, 0.1) is 5.69 Å². The van der Waals surface area contributed by atoms with E-state index in [0.29, 0.717) is 0 Å². The van der Waals surface area contributed by atoms with Gasteiger partial charge >= 0.3 is 0 Å². The summed E-state index contributed by atoms with van der Waals surface area (Å²) < 4.78 is 0.0918. The van der Waals surface area contributed by atoms with E-state index in [9.17, 15) is 0 Å². The van der Waals surface area contributed by atoms with Crippen molar-refractivity contribution >= 4 is 89.4 Å². The molecule has 0 spiro atoms. The van der Waals surface area contributed by atoms with Crippen molar-refractivity contribution in [1.29, 1.82) is 0 Å². The van der Waals surface area contributed by atoms with E-state index in [2.05, 4.69) is 72.8 Å². The summed E-state index contributed by atoms with van der Waals surface area (Å²) in [6.45, 7) is 0. The Morgan fingerprint density at radius 3 is 2.15 bits per heavy atom. The summed E-state index contributed by atoms with van der Waals surface area (Å²) in [7, 11) is 6.14. The van der Waals surface area contributed by atoms with Crippen LogP contribution in [0.4, 0.5) is 0 Å².